The van der Waals surface area contributed by atoms with Gasteiger partial charge in [-0.05, 0) is 20.8 Å². The zero-order valence-corrected chi connectivity index (χ0v) is 8.06. The molecule has 0 aliphatic carbocycles. The van der Waals surface area contributed by atoms with Crippen molar-refractivity contribution in [3.05, 3.63) is 17.0 Å². The largest absolute Gasteiger partial charge is 0.361 e. The van der Waals surface area contributed by atoms with Crippen LogP contribution in [0.3, 0.4) is 0 Å². The Hall–Kier alpha value is -1.45. The van der Waals surface area contributed by atoms with E-state index < -0.39 is 0 Å². The van der Waals surface area contributed by atoms with Gasteiger partial charge in [0.05, 0.1) is 11.3 Å². The quantitative estimate of drug-likeness (QED) is 0.697. The fraction of sp³-hybridized carbons (Fsp3) is 0.444. The lowest BCUT2D eigenvalue weighted by Crippen LogP contribution is -2.06. The molecule has 0 spiro atoms. The maximum absolute atomic E-state index is 7.72. The van der Waals surface area contributed by atoms with Gasteiger partial charge in [0.1, 0.15) is 5.76 Å². The minimum Gasteiger partial charge on any atom is -0.361 e. The Kier molecular flexibility index (Phi) is 2.60. The molecule has 0 fully saturated rings. The normalized spacial score (nSPS) is 10.1. The number of aryl methyl sites for hydroxylation is 2. The van der Waals surface area contributed by atoms with Crippen LogP contribution in [0.1, 0.15) is 30.4 Å². The fourth-order valence-corrected chi connectivity index (χ4v) is 1.27. The molecule has 0 bridgehead atoms. The summed E-state index contributed by atoms with van der Waals surface area (Å²) < 4.78 is 4.94. The Bertz CT molecular complexity index is 332. The first kappa shape index (κ1) is 9.64. The highest BCUT2D eigenvalue weighted by Gasteiger charge is 2.13. The van der Waals surface area contributed by atoms with Gasteiger partial charge in [0.15, 0.2) is 0 Å². The second kappa shape index (κ2) is 3.51. The van der Waals surface area contributed by atoms with Crippen LogP contribution in [0.15, 0.2) is 4.52 Å². The number of hydrogen-bond acceptors (Lipinski definition) is 4. The molecule has 70 valence electrons. The molecule has 2 N–H and O–H groups in total. The predicted molar refractivity (Wildman–Crippen MR) is 50.8 cm³/mol. The summed E-state index contributed by atoms with van der Waals surface area (Å²) in [6.45, 7) is 5.27. The molecule has 0 aliphatic rings. The highest BCUT2D eigenvalue weighted by atomic mass is 16.5. The third-order valence-electron chi connectivity index (χ3n) is 1.78. The van der Waals surface area contributed by atoms with Gasteiger partial charge >= 0.3 is 0 Å². The molecular weight excluding hydrogens is 166 g/mol. The van der Waals surface area contributed by atoms with E-state index in [-0.39, 0.29) is 0 Å². The van der Waals surface area contributed by atoms with Gasteiger partial charge in [-0.25, -0.2) is 0 Å². The molecule has 4 nitrogen and oxygen atoms in total. The van der Waals surface area contributed by atoms with Crippen molar-refractivity contribution in [3.8, 4) is 0 Å². The first-order chi connectivity index (χ1) is 6.02. The topological polar surface area (TPSA) is 73.7 Å². The maximum atomic E-state index is 7.72. The third kappa shape index (κ3) is 2.02. The van der Waals surface area contributed by atoms with Crippen molar-refractivity contribution in [2.75, 3.05) is 0 Å². The van der Waals surface area contributed by atoms with E-state index >= 15 is 0 Å². The first-order valence-corrected chi connectivity index (χ1v) is 4.07. The van der Waals surface area contributed by atoms with Crippen LogP contribution in [0, 0.1) is 24.7 Å². The number of hydrogen-bond donors (Lipinski definition) is 2. The van der Waals surface area contributed by atoms with Crippen molar-refractivity contribution >= 4 is 11.4 Å². The van der Waals surface area contributed by atoms with E-state index in [1.165, 1.54) is 0 Å². The van der Waals surface area contributed by atoms with Crippen LogP contribution >= 0.6 is 0 Å². The van der Waals surface area contributed by atoms with E-state index in [2.05, 4.69) is 5.16 Å². The van der Waals surface area contributed by atoms with Gasteiger partial charge in [0.2, 0.25) is 0 Å². The van der Waals surface area contributed by atoms with Crippen molar-refractivity contribution in [1.29, 1.82) is 10.8 Å². The highest BCUT2D eigenvalue weighted by molar-refractivity contribution is 6.10. The Labute approximate surface area is 77.0 Å². The van der Waals surface area contributed by atoms with E-state index in [1.807, 2.05) is 0 Å². The van der Waals surface area contributed by atoms with Gasteiger partial charge < -0.3 is 15.3 Å². The van der Waals surface area contributed by atoms with Crippen molar-refractivity contribution in [2.24, 2.45) is 0 Å². The standard InChI is InChI=1S/C9H13N3O/c1-5(10)4-8(11)9-6(2)12-13-7(9)3/h10-11H,4H2,1-3H3. The van der Waals surface area contributed by atoms with Crippen molar-refractivity contribution in [1.82, 2.24) is 5.16 Å². The molecule has 0 radical (unpaired) electrons. The molecule has 1 rings (SSSR count). The van der Waals surface area contributed by atoms with E-state index in [0.717, 1.165) is 11.3 Å². The number of nitrogens with one attached hydrogen (secondary N) is 2. The molecule has 0 saturated heterocycles. The van der Waals surface area contributed by atoms with E-state index in [0.29, 0.717) is 23.6 Å². The molecule has 1 aromatic heterocycles. The number of rotatable bonds is 3. The highest BCUT2D eigenvalue weighted by Crippen LogP contribution is 2.14. The second-order valence-corrected chi connectivity index (χ2v) is 3.13. The van der Waals surface area contributed by atoms with Crippen LogP contribution in [-0.4, -0.2) is 16.6 Å². The lowest BCUT2D eigenvalue weighted by molar-refractivity contribution is 0.393. The zero-order valence-electron chi connectivity index (χ0n) is 8.06. The van der Waals surface area contributed by atoms with Crippen molar-refractivity contribution in [2.45, 2.75) is 27.2 Å². The lowest BCUT2D eigenvalue weighted by atomic mass is 10.0. The molecule has 1 aromatic rings. The van der Waals surface area contributed by atoms with Gasteiger partial charge in [-0.15, -0.1) is 0 Å². The molecule has 13 heavy (non-hydrogen) atoms. The summed E-state index contributed by atoms with van der Waals surface area (Å²) in [5.41, 5.74) is 2.35. The summed E-state index contributed by atoms with van der Waals surface area (Å²) in [5, 5.41) is 18.8. The van der Waals surface area contributed by atoms with Crippen LogP contribution < -0.4 is 0 Å². The van der Waals surface area contributed by atoms with Crippen LogP contribution in [-0.2, 0) is 0 Å². The summed E-state index contributed by atoms with van der Waals surface area (Å²) in [6.07, 6.45) is 0.364. The molecule has 0 amide bonds. The Morgan fingerprint density at radius 3 is 2.38 bits per heavy atom. The summed E-state index contributed by atoms with van der Waals surface area (Å²) in [5.74, 6) is 0.656. The summed E-state index contributed by atoms with van der Waals surface area (Å²) >= 11 is 0. The van der Waals surface area contributed by atoms with E-state index in [4.69, 9.17) is 15.3 Å². The van der Waals surface area contributed by atoms with E-state index in [9.17, 15) is 0 Å². The van der Waals surface area contributed by atoms with E-state index in [1.54, 1.807) is 20.8 Å². The number of aromatic nitrogens is 1. The number of nitrogens with zero attached hydrogens (tertiary/aromatic N) is 1. The molecular formula is C9H13N3O. The third-order valence-corrected chi connectivity index (χ3v) is 1.78. The summed E-state index contributed by atoms with van der Waals surface area (Å²) in [6, 6.07) is 0. The predicted octanol–water partition coefficient (Wildman–Crippen LogP) is 2.09. The maximum Gasteiger partial charge on any atom is 0.142 e. The van der Waals surface area contributed by atoms with Gasteiger partial charge in [0.25, 0.3) is 0 Å². The molecule has 0 atom stereocenters. The smallest absolute Gasteiger partial charge is 0.142 e. The molecule has 1 heterocycles. The Balaban J connectivity index is 2.94. The molecule has 0 aromatic carbocycles. The Morgan fingerprint density at radius 1 is 1.38 bits per heavy atom. The summed E-state index contributed by atoms with van der Waals surface area (Å²) in [7, 11) is 0. The molecule has 4 heteroatoms. The van der Waals surface area contributed by atoms with Crippen molar-refractivity contribution in [3.63, 3.8) is 0 Å². The molecule has 0 unspecified atom stereocenters. The minimum absolute atomic E-state index is 0.364. The zero-order chi connectivity index (χ0) is 10.0. The first-order valence-electron chi connectivity index (χ1n) is 4.07. The average molecular weight is 179 g/mol. The van der Waals surface area contributed by atoms with Gasteiger partial charge in [-0.1, -0.05) is 5.16 Å². The lowest BCUT2D eigenvalue weighted by Gasteiger charge is -2.00. The van der Waals surface area contributed by atoms with Gasteiger partial charge in [0, 0.05) is 17.8 Å². The minimum atomic E-state index is 0.364. The van der Waals surface area contributed by atoms with Crippen LogP contribution in [0.25, 0.3) is 0 Å². The van der Waals surface area contributed by atoms with Crippen LogP contribution in [0.5, 0.6) is 0 Å². The monoisotopic (exact) mass is 179 g/mol. The van der Waals surface area contributed by atoms with Gasteiger partial charge in [-0.3, -0.25) is 0 Å². The van der Waals surface area contributed by atoms with Crippen molar-refractivity contribution < 1.29 is 4.52 Å². The van der Waals surface area contributed by atoms with Crippen LogP contribution in [0.2, 0.25) is 0 Å². The van der Waals surface area contributed by atoms with Gasteiger partial charge in [-0.2, -0.15) is 0 Å². The fourth-order valence-electron chi connectivity index (χ4n) is 1.27. The molecule has 0 aliphatic heterocycles. The SMILES string of the molecule is CC(=N)CC(=N)c1c(C)noc1C. The second-order valence-electron chi connectivity index (χ2n) is 3.13. The summed E-state index contributed by atoms with van der Waals surface area (Å²) in [4.78, 5) is 0. The molecule has 0 saturated carbocycles. The van der Waals surface area contributed by atoms with Crippen LogP contribution in [0.4, 0.5) is 0 Å². The average Bonchev–Trinajstić information content (AvgIpc) is 2.29. The Morgan fingerprint density at radius 2 is 2.00 bits per heavy atom.